The molecule has 1 atom stereocenters. The summed E-state index contributed by atoms with van der Waals surface area (Å²) in [6.07, 6.45) is 0.633. The lowest BCUT2D eigenvalue weighted by Crippen LogP contribution is -2.24. The SMILES string of the molecule is CCNc1cc(NC2CCS(=O)(=O)C2)nc(C(C)(C)C)n1. The van der Waals surface area contributed by atoms with Crippen LogP contribution in [0.5, 0.6) is 0 Å². The summed E-state index contributed by atoms with van der Waals surface area (Å²) in [7, 11) is -2.90. The van der Waals surface area contributed by atoms with E-state index in [4.69, 9.17) is 0 Å². The highest BCUT2D eigenvalue weighted by molar-refractivity contribution is 7.91. The van der Waals surface area contributed by atoms with E-state index in [2.05, 4.69) is 41.4 Å². The first-order valence-electron chi connectivity index (χ1n) is 7.30. The molecule has 1 fully saturated rings. The Hall–Kier alpha value is -1.37. The van der Waals surface area contributed by atoms with E-state index >= 15 is 0 Å². The highest BCUT2D eigenvalue weighted by atomic mass is 32.2. The second-order valence-electron chi connectivity index (χ2n) is 6.49. The molecular weight excluding hydrogens is 288 g/mol. The Balaban J connectivity index is 2.24. The van der Waals surface area contributed by atoms with Gasteiger partial charge >= 0.3 is 0 Å². The number of nitrogens with one attached hydrogen (secondary N) is 2. The highest BCUT2D eigenvalue weighted by Gasteiger charge is 2.28. The molecule has 2 heterocycles. The molecule has 1 unspecified atom stereocenters. The van der Waals surface area contributed by atoms with Gasteiger partial charge in [-0.3, -0.25) is 0 Å². The third-order valence-electron chi connectivity index (χ3n) is 3.34. The van der Waals surface area contributed by atoms with Gasteiger partial charge in [0.05, 0.1) is 11.5 Å². The number of aromatic nitrogens is 2. The van der Waals surface area contributed by atoms with Crippen LogP contribution < -0.4 is 10.6 Å². The molecular formula is C14H24N4O2S. The minimum atomic E-state index is -2.90. The summed E-state index contributed by atoms with van der Waals surface area (Å²) in [5.74, 6) is 2.62. The Labute approximate surface area is 126 Å². The predicted octanol–water partition coefficient (Wildman–Crippen LogP) is 1.80. The van der Waals surface area contributed by atoms with E-state index in [-0.39, 0.29) is 23.0 Å². The number of rotatable bonds is 4. The molecule has 1 aromatic rings. The van der Waals surface area contributed by atoms with Gasteiger partial charge in [-0.15, -0.1) is 0 Å². The molecule has 0 spiro atoms. The van der Waals surface area contributed by atoms with Crippen molar-refractivity contribution in [2.45, 2.75) is 45.6 Å². The Morgan fingerprint density at radius 2 is 1.95 bits per heavy atom. The van der Waals surface area contributed by atoms with Gasteiger partial charge in [0.15, 0.2) is 9.84 Å². The fraction of sp³-hybridized carbons (Fsp3) is 0.714. The topological polar surface area (TPSA) is 84.0 Å². The van der Waals surface area contributed by atoms with Crippen molar-refractivity contribution in [3.05, 3.63) is 11.9 Å². The fourth-order valence-electron chi connectivity index (χ4n) is 2.25. The normalized spacial score (nSPS) is 21.2. The van der Waals surface area contributed by atoms with Crippen LogP contribution in [-0.4, -0.2) is 42.5 Å². The van der Waals surface area contributed by atoms with E-state index in [1.807, 2.05) is 13.0 Å². The maximum absolute atomic E-state index is 11.5. The number of anilines is 2. The third-order valence-corrected chi connectivity index (χ3v) is 5.11. The van der Waals surface area contributed by atoms with Crippen molar-refractivity contribution in [1.29, 1.82) is 0 Å². The van der Waals surface area contributed by atoms with E-state index in [0.717, 1.165) is 18.2 Å². The first-order valence-corrected chi connectivity index (χ1v) is 9.12. The molecule has 1 aliphatic heterocycles. The largest absolute Gasteiger partial charge is 0.370 e. The first-order chi connectivity index (χ1) is 9.69. The summed E-state index contributed by atoms with van der Waals surface area (Å²) < 4.78 is 23.1. The van der Waals surface area contributed by atoms with Gasteiger partial charge < -0.3 is 10.6 Å². The quantitative estimate of drug-likeness (QED) is 0.882. The number of hydrogen-bond acceptors (Lipinski definition) is 6. The molecule has 1 saturated heterocycles. The van der Waals surface area contributed by atoms with Gasteiger partial charge in [-0.2, -0.15) is 0 Å². The molecule has 21 heavy (non-hydrogen) atoms. The zero-order valence-corrected chi connectivity index (χ0v) is 13.9. The average Bonchev–Trinajstić information content (AvgIpc) is 2.67. The Kier molecular flexibility index (Phi) is 4.41. The summed E-state index contributed by atoms with van der Waals surface area (Å²) in [6.45, 7) is 8.96. The van der Waals surface area contributed by atoms with Crippen molar-refractivity contribution in [2.24, 2.45) is 0 Å². The molecule has 0 bridgehead atoms. The van der Waals surface area contributed by atoms with Crippen LogP contribution in [-0.2, 0) is 15.3 Å². The van der Waals surface area contributed by atoms with Crippen molar-refractivity contribution < 1.29 is 8.42 Å². The molecule has 2 rings (SSSR count). The van der Waals surface area contributed by atoms with Gasteiger partial charge in [-0.1, -0.05) is 20.8 Å². The smallest absolute Gasteiger partial charge is 0.152 e. The lowest BCUT2D eigenvalue weighted by molar-refractivity contribution is 0.546. The fourth-order valence-corrected chi connectivity index (χ4v) is 3.92. The number of nitrogens with zero attached hydrogens (tertiary/aromatic N) is 2. The van der Waals surface area contributed by atoms with Crippen LogP contribution in [0, 0.1) is 0 Å². The number of sulfone groups is 1. The number of hydrogen-bond donors (Lipinski definition) is 2. The molecule has 118 valence electrons. The van der Waals surface area contributed by atoms with E-state index < -0.39 is 9.84 Å². The highest BCUT2D eigenvalue weighted by Crippen LogP contribution is 2.24. The monoisotopic (exact) mass is 312 g/mol. The Morgan fingerprint density at radius 3 is 2.48 bits per heavy atom. The second kappa shape index (κ2) is 5.79. The van der Waals surface area contributed by atoms with Crippen LogP contribution in [0.2, 0.25) is 0 Å². The second-order valence-corrected chi connectivity index (χ2v) is 8.72. The van der Waals surface area contributed by atoms with Crippen molar-refractivity contribution in [3.63, 3.8) is 0 Å². The standard InChI is InChI=1S/C14H24N4O2S/c1-5-15-11-8-12(18-13(17-11)14(2,3)4)16-10-6-7-21(19,20)9-10/h8,10H,5-7,9H2,1-4H3,(H2,15,16,17,18). The van der Waals surface area contributed by atoms with E-state index in [1.54, 1.807) is 0 Å². The van der Waals surface area contributed by atoms with Crippen LogP contribution >= 0.6 is 0 Å². The summed E-state index contributed by atoms with van der Waals surface area (Å²) >= 11 is 0. The van der Waals surface area contributed by atoms with Crippen molar-refractivity contribution in [1.82, 2.24) is 9.97 Å². The molecule has 0 radical (unpaired) electrons. The van der Waals surface area contributed by atoms with Gasteiger partial charge in [0, 0.05) is 24.1 Å². The Bertz CT molecular complexity index is 608. The average molecular weight is 312 g/mol. The maximum Gasteiger partial charge on any atom is 0.152 e. The van der Waals surface area contributed by atoms with E-state index in [0.29, 0.717) is 12.2 Å². The third kappa shape index (κ3) is 4.30. The van der Waals surface area contributed by atoms with Gasteiger partial charge in [0.2, 0.25) is 0 Å². The predicted molar refractivity (Wildman–Crippen MR) is 85.6 cm³/mol. The molecule has 1 aliphatic rings. The summed E-state index contributed by atoms with van der Waals surface area (Å²) in [4.78, 5) is 9.06. The molecule has 0 aromatic carbocycles. The summed E-state index contributed by atoms with van der Waals surface area (Å²) in [5.41, 5.74) is -0.163. The molecule has 1 aromatic heterocycles. The molecule has 2 N–H and O–H groups in total. The minimum absolute atomic E-state index is 0.0628. The van der Waals surface area contributed by atoms with Crippen LogP contribution in [0.25, 0.3) is 0 Å². The van der Waals surface area contributed by atoms with Crippen LogP contribution in [0.4, 0.5) is 11.6 Å². The summed E-state index contributed by atoms with van der Waals surface area (Å²) in [6, 6.07) is 1.77. The van der Waals surface area contributed by atoms with Gasteiger partial charge in [0.25, 0.3) is 0 Å². The van der Waals surface area contributed by atoms with Crippen molar-refractivity contribution in [2.75, 3.05) is 28.7 Å². The molecule has 0 aliphatic carbocycles. The maximum atomic E-state index is 11.5. The lowest BCUT2D eigenvalue weighted by Gasteiger charge is -2.20. The van der Waals surface area contributed by atoms with Crippen LogP contribution in [0.15, 0.2) is 6.07 Å². The first kappa shape index (κ1) is 16.0. The van der Waals surface area contributed by atoms with Gasteiger partial charge in [-0.05, 0) is 13.3 Å². The van der Waals surface area contributed by atoms with Crippen LogP contribution in [0.3, 0.4) is 0 Å². The van der Waals surface area contributed by atoms with Crippen molar-refractivity contribution in [3.8, 4) is 0 Å². The Morgan fingerprint density at radius 1 is 1.29 bits per heavy atom. The van der Waals surface area contributed by atoms with Crippen molar-refractivity contribution >= 4 is 21.5 Å². The summed E-state index contributed by atoms with van der Waals surface area (Å²) in [5, 5.41) is 6.43. The molecule has 0 amide bonds. The minimum Gasteiger partial charge on any atom is -0.370 e. The zero-order chi connectivity index (χ0) is 15.7. The molecule has 0 saturated carbocycles. The molecule has 7 heteroatoms. The van der Waals surface area contributed by atoms with E-state index in [9.17, 15) is 8.42 Å². The van der Waals surface area contributed by atoms with Gasteiger partial charge in [0.1, 0.15) is 17.5 Å². The zero-order valence-electron chi connectivity index (χ0n) is 13.1. The van der Waals surface area contributed by atoms with E-state index in [1.165, 1.54) is 0 Å². The van der Waals surface area contributed by atoms with Crippen LogP contribution in [0.1, 0.15) is 39.9 Å². The lowest BCUT2D eigenvalue weighted by atomic mass is 9.96. The van der Waals surface area contributed by atoms with Gasteiger partial charge in [-0.25, -0.2) is 18.4 Å². The molecule has 6 nitrogen and oxygen atoms in total.